The van der Waals surface area contributed by atoms with E-state index < -0.39 is 10.8 Å². The Kier molecular flexibility index (Phi) is 5.56. The van der Waals surface area contributed by atoms with Gasteiger partial charge in [0.05, 0.1) is 11.9 Å². The predicted molar refractivity (Wildman–Crippen MR) is 77.0 cm³/mol. The summed E-state index contributed by atoms with van der Waals surface area (Å²) in [7, 11) is -0.897. The normalized spacial score (nSPS) is 13.7. The average Bonchev–Trinajstić information content (AvgIpc) is 2.28. The standard InChI is InChI=1S/C11H14BrN3O2S/c1-4-5-15-11(16)10(12)9(6-13-15)14-8(2)7-18(3)17/h1,6,8,14H,5,7H2,2-3H3. The molecule has 1 aromatic heterocycles. The average molecular weight is 332 g/mol. The minimum atomic E-state index is -0.897. The molecule has 1 N–H and O–H groups in total. The zero-order chi connectivity index (χ0) is 13.7. The van der Waals surface area contributed by atoms with Gasteiger partial charge < -0.3 is 5.32 Å². The van der Waals surface area contributed by atoms with Crippen molar-refractivity contribution in [3.8, 4) is 12.3 Å². The van der Waals surface area contributed by atoms with E-state index in [1.165, 1.54) is 10.9 Å². The Bertz CT molecular complexity index is 550. The largest absolute Gasteiger partial charge is 0.379 e. The summed E-state index contributed by atoms with van der Waals surface area (Å²) < 4.78 is 12.7. The Hall–Kier alpha value is -1.13. The van der Waals surface area contributed by atoms with Crippen LogP contribution in [0, 0.1) is 12.3 Å². The number of anilines is 1. The van der Waals surface area contributed by atoms with E-state index in [2.05, 4.69) is 32.3 Å². The summed E-state index contributed by atoms with van der Waals surface area (Å²) in [5, 5.41) is 7.04. The van der Waals surface area contributed by atoms with Crippen molar-refractivity contribution in [2.75, 3.05) is 17.3 Å². The first kappa shape index (κ1) is 14.9. The maximum atomic E-state index is 11.8. The van der Waals surface area contributed by atoms with Crippen molar-refractivity contribution < 1.29 is 4.21 Å². The Morgan fingerprint density at radius 3 is 2.94 bits per heavy atom. The van der Waals surface area contributed by atoms with Gasteiger partial charge in [-0.15, -0.1) is 6.42 Å². The maximum Gasteiger partial charge on any atom is 0.284 e. The smallest absolute Gasteiger partial charge is 0.284 e. The fourth-order valence-corrected chi connectivity index (χ4v) is 2.63. The van der Waals surface area contributed by atoms with Gasteiger partial charge in [0.1, 0.15) is 11.0 Å². The van der Waals surface area contributed by atoms with Gasteiger partial charge in [-0.05, 0) is 22.9 Å². The molecule has 0 aliphatic rings. The molecule has 2 unspecified atom stereocenters. The van der Waals surface area contributed by atoms with E-state index in [4.69, 9.17) is 6.42 Å². The lowest BCUT2D eigenvalue weighted by Crippen LogP contribution is -2.27. The van der Waals surface area contributed by atoms with Crippen LogP contribution in [-0.4, -0.2) is 32.0 Å². The van der Waals surface area contributed by atoms with Crippen molar-refractivity contribution in [1.29, 1.82) is 0 Å². The maximum absolute atomic E-state index is 11.8. The van der Waals surface area contributed by atoms with E-state index in [1.807, 2.05) is 6.92 Å². The molecule has 2 atom stereocenters. The van der Waals surface area contributed by atoms with Crippen molar-refractivity contribution in [2.45, 2.75) is 19.5 Å². The first-order chi connectivity index (χ1) is 8.45. The van der Waals surface area contributed by atoms with Gasteiger partial charge in [0.15, 0.2) is 0 Å². The summed E-state index contributed by atoms with van der Waals surface area (Å²) in [6, 6.07) is -0.0168. The van der Waals surface area contributed by atoms with Crippen molar-refractivity contribution in [2.24, 2.45) is 0 Å². The van der Waals surface area contributed by atoms with Crippen LogP contribution >= 0.6 is 15.9 Å². The first-order valence-corrected chi connectivity index (χ1v) is 7.73. The van der Waals surface area contributed by atoms with Gasteiger partial charge in [0.25, 0.3) is 5.56 Å². The van der Waals surface area contributed by atoms with Crippen molar-refractivity contribution in [1.82, 2.24) is 9.78 Å². The zero-order valence-electron chi connectivity index (χ0n) is 10.1. The topological polar surface area (TPSA) is 64.0 Å². The van der Waals surface area contributed by atoms with Crippen LogP contribution in [0.2, 0.25) is 0 Å². The summed E-state index contributed by atoms with van der Waals surface area (Å²) in [5.74, 6) is 2.86. The quantitative estimate of drug-likeness (QED) is 0.811. The molecule has 5 nitrogen and oxygen atoms in total. The number of nitrogens with zero attached hydrogens (tertiary/aromatic N) is 2. The molecular weight excluding hydrogens is 318 g/mol. The monoisotopic (exact) mass is 331 g/mol. The molecule has 0 aliphatic heterocycles. The highest BCUT2D eigenvalue weighted by Gasteiger charge is 2.11. The summed E-state index contributed by atoms with van der Waals surface area (Å²) in [5.41, 5.74) is 0.286. The number of rotatable bonds is 5. The molecule has 98 valence electrons. The van der Waals surface area contributed by atoms with E-state index in [0.717, 1.165) is 0 Å². The lowest BCUT2D eigenvalue weighted by atomic mass is 10.3. The van der Waals surface area contributed by atoms with E-state index in [-0.39, 0.29) is 18.1 Å². The predicted octanol–water partition coefficient (Wildman–Crippen LogP) is 0.818. The minimum Gasteiger partial charge on any atom is -0.379 e. The second-order valence-corrected chi connectivity index (χ2v) is 6.10. The highest BCUT2D eigenvalue weighted by molar-refractivity contribution is 9.10. The number of hydrogen-bond donors (Lipinski definition) is 1. The molecule has 0 radical (unpaired) electrons. The summed E-state index contributed by atoms with van der Waals surface area (Å²) in [6.07, 6.45) is 8.30. The fourth-order valence-electron chi connectivity index (χ4n) is 1.42. The molecule has 7 heteroatoms. The van der Waals surface area contributed by atoms with Crippen molar-refractivity contribution >= 4 is 32.4 Å². The van der Waals surface area contributed by atoms with Crippen LogP contribution in [0.5, 0.6) is 0 Å². The van der Waals surface area contributed by atoms with Crippen LogP contribution in [0.15, 0.2) is 15.5 Å². The van der Waals surface area contributed by atoms with E-state index in [1.54, 1.807) is 6.26 Å². The number of halogens is 1. The number of nitrogens with one attached hydrogen (secondary N) is 1. The Labute approximate surface area is 117 Å². The third-order valence-electron chi connectivity index (χ3n) is 2.11. The van der Waals surface area contributed by atoms with Crippen LogP contribution in [0.25, 0.3) is 0 Å². The molecule has 0 aliphatic carbocycles. The van der Waals surface area contributed by atoms with Gasteiger partial charge in [-0.25, -0.2) is 4.68 Å². The van der Waals surface area contributed by atoms with Crippen molar-refractivity contribution in [3.63, 3.8) is 0 Å². The van der Waals surface area contributed by atoms with E-state index >= 15 is 0 Å². The molecule has 1 heterocycles. The molecule has 0 saturated heterocycles. The highest BCUT2D eigenvalue weighted by atomic mass is 79.9. The van der Waals surface area contributed by atoms with Gasteiger partial charge in [0.2, 0.25) is 0 Å². The lowest BCUT2D eigenvalue weighted by molar-refractivity contribution is 0.658. The first-order valence-electron chi connectivity index (χ1n) is 5.21. The van der Waals surface area contributed by atoms with Crippen LogP contribution < -0.4 is 10.9 Å². The van der Waals surface area contributed by atoms with Crippen LogP contribution in [0.1, 0.15) is 6.92 Å². The van der Waals surface area contributed by atoms with Crippen LogP contribution in [0.4, 0.5) is 5.69 Å². The molecule has 0 fully saturated rings. The van der Waals surface area contributed by atoms with Crippen LogP contribution in [0.3, 0.4) is 0 Å². The Morgan fingerprint density at radius 1 is 1.72 bits per heavy atom. The molecular formula is C11H14BrN3O2S. The number of hydrogen-bond acceptors (Lipinski definition) is 4. The Balaban J connectivity index is 2.93. The molecule has 0 spiro atoms. The van der Waals surface area contributed by atoms with Gasteiger partial charge in [-0.3, -0.25) is 9.00 Å². The Morgan fingerprint density at radius 2 is 2.39 bits per heavy atom. The van der Waals surface area contributed by atoms with Gasteiger partial charge in [-0.2, -0.15) is 5.10 Å². The molecule has 1 aromatic rings. The third-order valence-corrected chi connectivity index (χ3v) is 3.85. The second-order valence-electron chi connectivity index (χ2n) is 3.82. The fraction of sp³-hybridized carbons (Fsp3) is 0.455. The molecule has 0 bridgehead atoms. The van der Waals surface area contributed by atoms with Gasteiger partial charge >= 0.3 is 0 Å². The number of aromatic nitrogens is 2. The van der Waals surface area contributed by atoms with E-state index in [0.29, 0.717) is 15.9 Å². The molecule has 1 rings (SSSR count). The van der Waals surface area contributed by atoms with Crippen molar-refractivity contribution in [3.05, 3.63) is 21.0 Å². The highest BCUT2D eigenvalue weighted by Crippen LogP contribution is 2.17. The third kappa shape index (κ3) is 3.96. The molecule has 0 aromatic carbocycles. The zero-order valence-corrected chi connectivity index (χ0v) is 12.5. The molecule has 18 heavy (non-hydrogen) atoms. The SMILES string of the molecule is C#CCn1ncc(NC(C)CS(C)=O)c(Br)c1=O. The molecule has 0 amide bonds. The van der Waals surface area contributed by atoms with Gasteiger partial charge in [0, 0.05) is 28.9 Å². The lowest BCUT2D eigenvalue weighted by Gasteiger charge is -2.15. The summed E-state index contributed by atoms with van der Waals surface area (Å²) in [4.78, 5) is 11.8. The second kappa shape index (κ2) is 6.71. The number of terminal acetylenes is 1. The molecule has 0 saturated carbocycles. The minimum absolute atomic E-state index is 0.0168. The summed E-state index contributed by atoms with van der Waals surface area (Å²) in [6.45, 7) is 2.02. The van der Waals surface area contributed by atoms with Gasteiger partial charge in [-0.1, -0.05) is 5.92 Å². The van der Waals surface area contributed by atoms with Crippen LogP contribution in [-0.2, 0) is 17.3 Å². The van der Waals surface area contributed by atoms with E-state index in [9.17, 15) is 9.00 Å². The summed E-state index contributed by atoms with van der Waals surface area (Å²) >= 11 is 3.22.